The van der Waals surface area contributed by atoms with Crippen LogP contribution >= 0.6 is 0 Å². The molecule has 31 heavy (non-hydrogen) atoms. The summed E-state index contributed by atoms with van der Waals surface area (Å²) < 4.78 is 0. The number of fused-ring (bicyclic) bond motifs is 1. The van der Waals surface area contributed by atoms with Crippen LogP contribution in [0.5, 0.6) is 0 Å². The van der Waals surface area contributed by atoms with Gasteiger partial charge in [0.2, 0.25) is 0 Å². The van der Waals surface area contributed by atoms with E-state index in [1.807, 2.05) is 30.3 Å². The van der Waals surface area contributed by atoms with Crippen molar-refractivity contribution in [3.63, 3.8) is 0 Å². The highest BCUT2D eigenvalue weighted by molar-refractivity contribution is 6.09. The fourth-order valence-electron chi connectivity index (χ4n) is 3.37. The number of carbonyl (C=O) groups excluding carboxylic acids is 2. The average Bonchev–Trinajstić information content (AvgIpc) is 2.80. The molecule has 0 aliphatic heterocycles. The molecule has 0 unspecified atom stereocenters. The molecule has 6 nitrogen and oxygen atoms in total. The molecule has 0 aliphatic rings. The van der Waals surface area contributed by atoms with E-state index in [1.54, 1.807) is 54.6 Å². The topological polar surface area (TPSA) is 91.1 Å². The van der Waals surface area contributed by atoms with Gasteiger partial charge in [-0.25, -0.2) is 0 Å². The highest BCUT2D eigenvalue weighted by atomic mass is 16.2. The molecular weight excluding hydrogens is 390 g/mol. The van der Waals surface area contributed by atoms with Crippen LogP contribution in [0, 0.1) is 0 Å². The second-order valence-electron chi connectivity index (χ2n) is 7.09. The van der Waals surface area contributed by atoms with Crippen molar-refractivity contribution in [3.05, 3.63) is 112 Å². The molecule has 0 bridgehead atoms. The molecule has 6 heteroatoms. The van der Waals surface area contributed by atoms with Crippen molar-refractivity contribution in [2.75, 3.05) is 11.9 Å². The number of H-pyrrole nitrogens is 1. The Balaban J connectivity index is 1.48. The zero-order valence-electron chi connectivity index (χ0n) is 16.7. The van der Waals surface area contributed by atoms with Crippen molar-refractivity contribution in [2.24, 2.45) is 0 Å². The zero-order valence-corrected chi connectivity index (χ0v) is 16.7. The first-order valence-corrected chi connectivity index (χ1v) is 9.96. The molecule has 0 atom stereocenters. The van der Waals surface area contributed by atoms with E-state index in [-0.39, 0.29) is 17.2 Å². The first-order chi connectivity index (χ1) is 15.1. The van der Waals surface area contributed by atoms with Gasteiger partial charge in [0.05, 0.1) is 11.3 Å². The van der Waals surface area contributed by atoms with Crippen LogP contribution in [0.4, 0.5) is 5.69 Å². The highest BCUT2D eigenvalue weighted by Gasteiger charge is 2.15. The van der Waals surface area contributed by atoms with Crippen molar-refractivity contribution in [1.82, 2.24) is 10.3 Å². The number of rotatable bonds is 6. The van der Waals surface area contributed by atoms with E-state index >= 15 is 0 Å². The fourth-order valence-corrected chi connectivity index (χ4v) is 3.37. The molecule has 0 saturated carbocycles. The number of pyridine rings is 1. The van der Waals surface area contributed by atoms with Crippen LogP contribution in [0.3, 0.4) is 0 Å². The molecule has 3 aromatic carbocycles. The number of hydrogen-bond acceptors (Lipinski definition) is 3. The molecule has 4 aromatic rings. The Hall–Kier alpha value is -4.19. The van der Waals surface area contributed by atoms with Crippen LogP contribution in [-0.4, -0.2) is 23.3 Å². The zero-order chi connectivity index (χ0) is 21.6. The Morgan fingerprint density at radius 3 is 2.35 bits per heavy atom. The number of aromatic amines is 1. The summed E-state index contributed by atoms with van der Waals surface area (Å²) in [5, 5.41) is 6.81. The van der Waals surface area contributed by atoms with Gasteiger partial charge in [0.1, 0.15) is 5.69 Å². The van der Waals surface area contributed by atoms with Crippen LogP contribution in [0.1, 0.15) is 26.4 Å². The predicted octanol–water partition coefficient (Wildman–Crippen LogP) is 3.75. The molecule has 2 amide bonds. The van der Waals surface area contributed by atoms with Gasteiger partial charge in [-0.15, -0.1) is 0 Å². The summed E-state index contributed by atoms with van der Waals surface area (Å²) in [6.45, 7) is 0.475. The van der Waals surface area contributed by atoms with Crippen molar-refractivity contribution in [2.45, 2.75) is 6.42 Å². The summed E-state index contributed by atoms with van der Waals surface area (Å²) in [4.78, 5) is 40.3. The van der Waals surface area contributed by atoms with E-state index in [4.69, 9.17) is 0 Å². The van der Waals surface area contributed by atoms with Crippen LogP contribution in [0.15, 0.2) is 89.7 Å². The molecule has 4 rings (SSSR count). The summed E-state index contributed by atoms with van der Waals surface area (Å²) in [6.07, 6.45) is 0.708. The second-order valence-corrected chi connectivity index (χ2v) is 7.09. The summed E-state index contributed by atoms with van der Waals surface area (Å²) >= 11 is 0. The van der Waals surface area contributed by atoms with Crippen LogP contribution in [0.25, 0.3) is 10.8 Å². The van der Waals surface area contributed by atoms with Gasteiger partial charge >= 0.3 is 0 Å². The van der Waals surface area contributed by atoms with Crippen molar-refractivity contribution < 1.29 is 9.59 Å². The molecule has 1 aromatic heterocycles. The lowest BCUT2D eigenvalue weighted by Crippen LogP contribution is -2.27. The molecule has 3 N–H and O–H groups in total. The number of aromatic nitrogens is 1. The molecular formula is C25H21N3O3. The monoisotopic (exact) mass is 411 g/mol. The number of nitrogens with one attached hydrogen (secondary N) is 3. The smallest absolute Gasteiger partial charge is 0.272 e. The van der Waals surface area contributed by atoms with Crippen LogP contribution < -0.4 is 16.2 Å². The van der Waals surface area contributed by atoms with Gasteiger partial charge in [0.15, 0.2) is 0 Å². The Kier molecular flexibility index (Phi) is 5.89. The van der Waals surface area contributed by atoms with Crippen LogP contribution in [0.2, 0.25) is 0 Å². The molecule has 0 saturated heterocycles. The normalized spacial score (nSPS) is 10.6. The predicted molar refractivity (Wildman–Crippen MR) is 121 cm³/mol. The minimum Gasteiger partial charge on any atom is -0.352 e. The Bertz CT molecular complexity index is 1300. The summed E-state index contributed by atoms with van der Waals surface area (Å²) in [6, 6.07) is 25.3. The summed E-state index contributed by atoms with van der Waals surface area (Å²) in [5.41, 5.74) is 1.65. The summed E-state index contributed by atoms with van der Waals surface area (Å²) in [7, 11) is 0. The highest BCUT2D eigenvalue weighted by Crippen LogP contribution is 2.17. The van der Waals surface area contributed by atoms with Gasteiger partial charge < -0.3 is 15.6 Å². The summed E-state index contributed by atoms with van der Waals surface area (Å²) in [5.74, 6) is -0.772. The van der Waals surface area contributed by atoms with E-state index in [0.29, 0.717) is 35.0 Å². The lowest BCUT2D eigenvalue weighted by Gasteiger charge is -2.12. The van der Waals surface area contributed by atoms with Gasteiger partial charge in [-0.05, 0) is 41.6 Å². The number of anilines is 1. The number of para-hydroxylation sites is 1. The van der Waals surface area contributed by atoms with Crippen molar-refractivity contribution >= 4 is 28.3 Å². The molecule has 0 fully saturated rings. The third-order valence-electron chi connectivity index (χ3n) is 4.96. The van der Waals surface area contributed by atoms with E-state index in [2.05, 4.69) is 15.6 Å². The quantitative estimate of drug-likeness (QED) is 0.451. The van der Waals surface area contributed by atoms with Gasteiger partial charge in [-0.3, -0.25) is 14.4 Å². The lowest BCUT2D eigenvalue weighted by atomic mass is 10.1. The van der Waals surface area contributed by atoms with E-state index in [1.165, 1.54) is 0 Å². The maximum Gasteiger partial charge on any atom is 0.272 e. The largest absolute Gasteiger partial charge is 0.352 e. The maximum atomic E-state index is 12.8. The third kappa shape index (κ3) is 4.70. The Morgan fingerprint density at radius 2 is 1.52 bits per heavy atom. The molecule has 0 radical (unpaired) electrons. The standard InChI is InChI=1S/C25H21N3O3/c29-23(26-15-14-17-8-2-1-3-9-17)20-12-6-7-13-21(20)27-25(31)22-16-18-10-4-5-11-19(18)24(30)28-22/h1-13,16H,14-15H2,(H,26,29)(H,27,31)(H,28,30). The van der Waals surface area contributed by atoms with Gasteiger partial charge in [0.25, 0.3) is 17.4 Å². The second kappa shape index (κ2) is 9.09. The van der Waals surface area contributed by atoms with Gasteiger partial charge in [-0.1, -0.05) is 60.7 Å². The number of hydrogen-bond donors (Lipinski definition) is 3. The van der Waals surface area contributed by atoms with Gasteiger partial charge in [0, 0.05) is 11.9 Å². The molecule has 0 aliphatic carbocycles. The minimum atomic E-state index is -0.493. The SMILES string of the molecule is O=C(Nc1ccccc1C(=O)NCCc1ccccc1)c1cc2ccccc2c(=O)[nH]1. The number of carbonyl (C=O) groups is 2. The fraction of sp³-hybridized carbons (Fsp3) is 0.0800. The minimum absolute atomic E-state index is 0.128. The number of benzene rings is 3. The number of amides is 2. The van der Waals surface area contributed by atoms with Crippen molar-refractivity contribution in [1.29, 1.82) is 0 Å². The first-order valence-electron chi connectivity index (χ1n) is 9.96. The lowest BCUT2D eigenvalue weighted by molar-refractivity contribution is 0.0955. The van der Waals surface area contributed by atoms with E-state index in [9.17, 15) is 14.4 Å². The average molecular weight is 411 g/mol. The van der Waals surface area contributed by atoms with Gasteiger partial charge in [-0.2, -0.15) is 0 Å². The Labute approximate surface area is 178 Å². The Morgan fingerprint density at radius 1 is 0.806 bits per heavy atom. The van der Waals surface area contributed by atoms with E-state index in [0.717, 1.165) is 5.56 Å². The third-order valence-corrected chi connectivity index (χ3v) is 4.96. The molecule has 154 valence electrons. The molecule has 1 heterocycles. The van der Waals surface area contributed by atoms with Crippen LogP contribution in [-0.2, 0) is 6.42 Å². The first kappa shape index (κ1) is 20.1. The molecule has 0 spiro atoms. The van der Waals surface area contributed by atoms with Crippen molar-refractivity contribution in [3.8, 4) is 0 Å². The van der Waals surface area contributed by atoms with E-state index < -0.39 is 5.91 Å². The maximum absolute atomic E-state index is 12.8.